The van der Waals surface area contributed by atoms with Crippen molar-refractivity contribution in [3.05, 3.63) is 60.3 Å². The first-order valence-corrected chi connectivity index (χ1v) is 6.45. The quantitative estimate of drug-likeness (QED) is 0.707. The van der Waals surface area contributed by atoms with Gasteiger partial charge in [-0.15, -0.1) is 0 Å². The average Bonchev–Trinajstić information content (AvgIpc) is 2.90. The summed E-state index contributed by atoms with van der Waals surface area (Å²) in [6.45, 7) is 1.95. The summed E-state index contributed by atoms with van der Waals surface area (Å²) >= 11 is 0. The van der Waals surface area contributed by atoms with Gasteiger partial charge in [0.2, 0.25) is 5.89 Å². The number of hydrogen-bond acceptors (Lipinski definition) is 3. The smallest absolute Gasteiger partial charge is 0.226 e. The van der Waals surface area contributed by atoms with Gasteiger partial charge in [-0.25, -0.2) is 4.98 Å². The monoisotopic (exact) mass is 265 g/mol. The van der Waals surface area contributed by atoms with Gasteiger partial charge < -0.3 is 9.15 Å². The minimum atomic E-state index is 0.647. The van der Waals surface area contributed by atoms with Crippen LogP contribution in [0, 0.1) is 6.92 Å². The van der Waals surface area contributed by atoms with Gasteiger partial charge >= 0.3 is 0 Å². The third kappa shape index (κ3) is 2.30. The number of hydrogen-bond donors (Lipinski definition) is 0. The van der Waals surface area contributed by atoms with E-state index in [2.05, 4.69) is 4.98 Å². The number of ether oxygens (including phenoxy) is 1. The third-order valence-corrected chi connectivity index (χ3v) is 3.17. The summed E-state index contributed by atoms with van der Waals surface area (Å²) < 4.78 is 11.1. The van der Waals surface area contributed by atoms with E-state index in [4.69, 9.17) is 9.15 Å². The largest absolute Gasteiger partial charge is 0.497 e. The molecule has 3 nitrogen and oxygen atoms in total. The minimum absolute atomic E-state index is 0.647. The molecule has 0 unspecified atom stereocenters. The van der Waals surface area contributed by atoms with Crippen LogP contribution in [0.1, 0.15) is 5.69 Å². The zero-order chi connectivity index (χ0) is 13.9. The summed E-state index contributed by atoms with van der Waals surface area (Å²) in [5.74, 6) is 2.27. The summed E-state index contributed by atoms with van der Waals surface area (Å²) in [5.41, 5.74) is 2.86. The van der Waals surface area contributed by atoms with Crippen molar-refractivity contribution in [2.24, 2.45) is 0 Å². The van der Waals surface area contributed by atoms with Gasteiger partial charge in [0.25, 0.3) is 0 Å². The Morgan fingerprint density at radius 2 is 1.60 bits per heavy atom. The van der Waals surface area contributed by atoms with E-state index in [0.717, 1.165) is 28.3 Å². The van der Waals surface area contributed by atoms with Gasteiger partial charge in [-0.05, 0) is 43.3 Å². The lowest BCUT2D eigenvalue weighted by molar-refractivity contribution is 0.415. The maximum absolute atomic E-state index is 5.91. The first-order chi connectivity index (χ1) is 9.78. The molecule has 3 heteroatoms. The number of rotatable bonds is 3. The molecule has 0 aliphatic heterocycles. The second-order valence-electron chi connectivity index (χ2n) is 4.53. The van der Waals surface area contributed by atoms with Gasteiger partial charge in [0.05, 0.1) is 12.8 Å². The van der Waals surface area contributed by atoms with Gasteiger partial charge in [-0.1, -0.05) is 18.2 Å². The normalized spacial score (nSPS) is 10.5. The van der Waals surface area contributed by atoms with Gasteiger partial charge in [0.1, 0.15) is 5.75 Å². The molecule has 0 spiro atoms. The molecule has 20 heavy (non-hydrogen) atoms. The highest BCUT2D eigenvalue weighted by atomic mass is 16.5. The maximum Gasteiger partial charge on any atom is 0.226 e. The molecule has 0 amide bonds. The number of benzene rings is 2. The number of aryl methyl sites for hydroxylation is 1. The number of methoxy groups -OCH3 is 1. The molecule has 0 aliphatic carbocycles. The molecule has 0 radical (unpaired) electrons. The van der Waals surface area contributed by atoms with E-state index >= 15 is 0 Å². The van der Waals surface area contributed by atoms with E-state index in [1.807, 2.05) is 61.5 Å². The molecule has 1 aromatic heterocycles. The lowest BCUT2D eigenvalue weighted by atomic mass is 10.1. The molecule has 0 saturated heterocycles. The summed E-state index contributed by atoms with van der Waals surface area (Å²) in [6.07, 6.45) is 0. The van der Waals surface area contributed by atoms with Crippen molar-refractivity contribution in [3.63, 3.8) is 0 Å². The fourth-order valence-corrected chi connectivity index (χ4v) is 2.11. The second-order valence-corrected chi connectivity index (χ2v) is 4.53. The molecule has 100 valence electrons. The maximum atomic E-state index is 5.91. The fourth-order valence-electron chi connectivity index (χ4n) is 2.11. The highest BCUT2D eigenvalue weighted by Crippen LogP contribution is 2.30. The van der Waals surface area contributed by atoms with Crippen LogP contribution >= 0.6 is 0 Å². The van der Waals surface area contributed by atoms with E-state index in [0.29, 0.717) is 5.89 Å². The topological polar surface area (TPSA) is 35.3 Å². The fraction of sp³-hybridized carbons (Fsp3) is 0.118. The predicted molar refractivity (Wildman–Crippen MR) is 78.7 cm³/mol. The van der Waals surface area contributed by atoms with E-state index < -0.39 is 0 Å². The van der Waals surface area contributed by atoms with Crippen LogP contribution in [-0.2, 0) is 0 Å². The van der Waals surface area contributed by atoms with Crippen LogP contribution < -0.4 is 4.74 Å². The first kappa shape index (κ1) is 12.5. The Balaban J connectivity index is 2.00. The van der Waals surface area contributed by atoms with Crippen molar-refractivity contribution >= 4 is 0 Å². The SMILES string of the molecule is COc1ccc(-c2oc(-c3ccccc3)nc2C)cc1. The van der Waals surface area contributed by atoms with E-state index in [-0.39, 0.29) is 0 Å². The van der Waals surface area contributed by atoms with Crippen LogP contribution in [0.3, 0.4) is 0 Å². The molecular weight excluding hydrogens is 250 g/mol. The van der Waals surface area contributed by atoms with E-state index in [1.165, 1.54) is 0 Å². The molecule has 0 saturated carbocycles. The lowest BCUT2D eigenvalue weighted by Crippen LogP contribution is -1.83. The molecule has 2 aromatic carbocycles. The van der Waals surface area contributed by atoms with Crippen molar-refractivity contribution in [3.8, 4) is 28.5 Å². The summed E-state index contributed by atoms with van der Waals surface area (Å²) in [4.78, 5) is 4.50. The van der Waals surface area contributed by atoms with Gasteiger partial charge in [-0.3, -0.25) is 0 Å². The standard InChI is InChI=1S/C17H15NO2/c1-12-16(13-8-10-15(19-2)11-9-13)20-17(18-12)14-6-4-3-5-7-14/h3-11H,1-2H3. The van der Waals surface area contributed by atoms with Crippen LogP contribution in [0.25, 0.3) is 22.8 Å². The predicted octanol–water partition coefficient (Wildman–Crippen LogP) is 4.33. The summed E-state index contributed by atoms with van der Waals surface area (Å²) in [7, 11) is 1.65. The van der Waals surface area contributed by atoms with E-state index in [1.54, 1.807) is 7.11 Å². The molecule has 3 rings (SSSR count). The van der Waals surface area contributed by atoms with Crippen LogP contribution in [0.5, 0.6) is 5.75 Å². The van der Waals surface area contributed by atoms with Crippen molar-refractivity contribution < 1.29 is 9.15 Å². The van der Waals surface area contributed by atoms with Crippen LogP contribution in [0.4, 0.5) is 0 Å². The van der Waals surface area contributed by atoms with Crippen LogP contribution in [0.15, 0.2) is 59.0 Å². The number of oxazole rings is 1. The molecule has 0 fully saturated rings. The zero-order valence-corrected chi connectivity index (χ0v) is 11.5. The Morgan fingerprint density at radius 1 is 0.900 bits per heavy atom. The Kier molecular flexibility index (Phi) is 3.25. The van der Waals surface area contributed by atoms with Crippen molar-refractivity contribution in [1.82, 2.24) is 4.98 Å². The molecule has 0 atom stereocenters. The molecule has 0 aliphatic rings. The zero-order valence-electron chi connectivity index (χ0n) is 11.5. The van der Waals surface area contributed by atoms with Crippen molar-refractivity contribution in [2.75, 3.05) is 7.11 Å². The van der Waals surface area contributed by atoms with Crippen LogP contribution in [0.2, 0.25) is 0 Å². The van der Waals surface area contributed by atoms with Crippen molar-refractivity contribution in [1.29, 1.82) is 0 Å². The van der Waals surface area contributed by atoms with Crippen LogP contribution in [-0.4, -0.2) is 12.1 Å². The molecule has 3 aromatic rings. The van der Waals surface area contributed by atoms with E-state index in [9.17, 15) is 0 Å². The average molecular weight is 265 g/mol. The van der Waals surface area contributed by atoms with Gasteiger partial charge in [-0.2, -0.15) is 0 Å². The number of nitrogens with zero attached hydrogens (tertiary/aromatic N) is 1. The van der Waals surface area contributed by atoms with Gasteiger partial charge in [0, 0.05) is 11.1 Å². The molecule has 0 bridgehead atoms. The Morgan fingerprint density at radius 3 is 2.25 bits per heavy atom. The molecule has 0 N–H and O–H groups in total. The molecular formula is C17H15NO2. The summed E-state index contributed by atoms with van der Waals surface area (Å²) in [6, 6.07) is 17.7. The minimum Gasteiger partial charge on any atom is -0.497 e. The summed E-state index contributed by atoms with van der Waals surface area (Å²) in [5, 5.41) is 0. The first-order valence-electron chi connectivity index (χ1n) is 6.45. The molecule has 1 heterocycles. The van der Waals surface area contributed by atoms with Gasteiger partial charge in [0.15, 0.2) is 5.76 Å². The third-order valence-electron chi connectivity index (χ3n) is 3.17. The number of aromatic nitrogens is 1. The Hall–Kier alpha value is -2.55. The van der Waals surface area contributed by atoms with Crippen molar-refractivity contribution in [2.45, 2.75) is 6.92 Å². The lowest BCUT2D eigenvalue weighted by Gasteiger charge is -2.01. The Bertz CT molecular complexity index is 700. The second kappa shape index (κ2) is 5.21. The highest BCUT2D eigenvalue weighted by Gasteiger charge is 2.12. The Labute approximate surface area is 117 Å². The highest BCUT2D eigenvalue weighted by molar-refractivity contribution is 5.64.